The molecule has 1 unspecified atom stereocenters. The van der Waals surface area contributed by atoms with Crippen molar-refractivity contribution in [3.05, 3.63) is 53.9 Å². The van der Waals surface area contributed by atoms with Crippen LogP contribution in [0.25, 0.3) is 10.9 Å². The van der Waals surface area contributed by atoms with Gasteiger partial charge in [-0.2, -0.15) is 0 Å². The first-order valence-corrected chi connectivity index (χ1v) is 7.77. The maximum Gasteiger partial charge on any atom is 0.275 e. The number of para-hydroxylation sites is 1. The van der Waals surface area contributed by atoms with Gasteiger partial charge < -0.3 is 20.0 Å². The number of amides is 1. The number of carbonyl (C=O) groups excluding carboxylic acids is 1. The molecule has 0 saturated carbocycles. The monoisotopic (exact) mass is 310 g/mol. The third-order valence-corrected chi connectivity index (χ3v) is 4.32. The van der Waals surface area contributed by atoms with Gasteiger partial charge in [0, 0.05) is 30.2 Å². The van der Waals surface area contributed by atoms with Gasteiger partial charge in [0.1, 0.15) is 6.26 Å². The molecule has 3 heterocycles. The number of aromatic amines is 1. The number of likely N-dealkylation sites (tertiary alicyclic amines) is 1. The fraction of sp³-hybridized carbons (Fsp3) is 0.294. The first kappa shape index (κ1) is 14.0. The van der Waals surface area contributed by atoms with Crippen molar-refractivity contribution in [3.8, 4) is 0 Å². The van der Waals surface area contributed by atoms with E-state index >= 15 is 0 Å². The van der Waals surface area contributed by atoms with Crippen LogP contribution in [0.15, 0.2) is 41.1 Å². The lowest BCUT2D eigenvalue weighted by atomic mass is 10.1. The fourth-order valence-electron chi connectivity index (χ4n) is 2.86. The van der Waals surface area contributed by atoms with E-state index < -0.39 is 0 Å². The molecule has 4 rings (SSSR count). The van der Waals surface area contributed by atoms with Crippen molar-refractivity contribution in [3.63, 3.8) is 0 Å². The van der Waals surface area contributed by atoms with E-state index in [0.717, 1.165) is 36.0 Å². The zero-order chi connectivity index (χ0) is 15.8. The number of H-pyrrole nitrogens is 1. The molecular weight excluding hydrogens is 292 g/mol. The van der Waals surface area contributed by atoms with Gasteiger partial charge in [-0.05, 0) is 24.5 Å². The molecule has 0 spiro atoms. The minimum absolute atomic E-state index is 0.0782. The molecular formula is C17H18N4O2. The number of carbonyl (C=O) groups is 1. The molecule has 0 aliphatic carbocycles. The van der Waals surface area contributed by atoms with Crippen molar-refractivity contribution < 1.29 is 9.21 Å². The third-order valence-electron chi connectivity index (χ3n) is 4.32. The van der Waals surface area contributed by atoms with Crippen LogP contribution >= 0.6 is 0 Å². The predicted molar refractivity (Wildman–Crippen MR) is 86.0 cm³/mol. The van der Waals surface area contributed by atoms with E-state index in [-0.39, 0.29) is 11.9 Å². The number of fused-ring (bicyclic) bond motifs is 1. The number of nitrogens with two attached hydrogens (primary N) is 1. The summed E-state index contributed by atoms with van der Waals surface area (Å²) in [6.45, 7) is 1.59. The second kappa shape index (κ2) is 5.55. The molecule has 6 heteroatoms. The van der Waals surface area contributed by atoms with Gasteiger partial charge >= 0.3 is 0 Å². The van der Waals surface area contributed by atoms with Crippen LogP contribution < -0.4 is 5.73 Å². The summed E-state index contributed by atoms with van der Waals surface area (Å²) in [4.78, 5) is 21.4. The van der Waals surface area contributed by atoms with Crippen molar-refractivity contribution in [2.24, 2.45) is 5.73 Å². The lowest BCUT2D eigenvalue weighted by Crippen LogP contribution is -2.42. The first-order chi connectivity index (χ1) is 11.2. The van der Waals surface area contributed by atoms with Crippen LogP contribution in [0.5, 0.6) is 0 Å². The van der Waals surface area contributed by atoms with Gasteiger partial charge in [0.2, 0.25) is 5.89 Å². The van der Waals surface area contributed by atoms with Crippen molar-refractivity contribution >= 4 is 16.8 Å². The zero-order valence-corrected chi connectivity index (χ0v) is 12.7. The van der Waals surface area contributed by atoms with E-state index in [1.807, 2.05) is 24.4 Å². The minimum atomic E-state index is -0.382. The Morgan fingerprint density at radius 2 is 2.22 bits per heavy atom. The van der Waals surface area contributed by atoms with Crippen LogP contribution in [0, 0.1) is 0 Å². The standard InChI is InChI=1S/C17H18N4O2/c18-13(8-11-9-19-14-5-2-1-4-12(11)14)16-20-15(10-23-16)17(22)21-6-3-7-21/h1-2,4-5,9-10,13,19H,3,6-8,18H2. The summed E-state index contributed by atoms with van der Waals surface area (Å²) in [6, 6.07) is 7.69. The number of hydrogen-bond acceptors (Lipinski definition) is 4. The van der Waals surface area contributed by atoms with Crippen LogP contribution in [0.4, 0.5) is 0 Å². The summed E-state index contributed by atoms with van der Waals surface area (Å²) in [6.07, 6.45) is 5.02. The number of oxazole rings is 1. The third kappa shape index (κ3) is 2.51. The van der Waals surface area contributed by atoms with Crippen LogP contribution in [0.3, 0.4) is 0 Å². The summed E-state index contributed by atoms with van der Waals surface area (Å²) in [5, 5.41) is 1.14. The van der Waals surface area contributed by atoms with E-state index in [1.165, 1.54) is 6.26 Å². The molecule has 3 N–H and O–H groups in total. The van der Waals surface area contributed by atoms with Gasteiger partial charge in [0.25, 0.3) is 5.91 Å². The highest BCUT2D eigenvalue weighted by atomic mass is 16.3. The van der Waals surface area contributed by atoms with Crippen LogP contribution in [0.2, 0.25) is 0 Å². The average molecular weight is 310 g/mol. The normalized spacial score (nSPS) is 15.6. The molecule has 1 amide bonds. The van der Waals surface area contributed by atoms with Crippen molar-refractivity contribution in [1.82, 2.24) is 14.9 Å². The van der Waals surface area contributed by atoms with E-state index in [1.54, 1.807) is 4.90 Å². The number of rotatable bonds is 4. The molecule has 0 radical (unpaired) electrons. The predicted octanol–water partition coefficient (Wildman–Crippen LogP) is 2.24. The number of hydrogen-bond donors (Lipinski definition) is 2. The molecule has 1 atom stereocenters. The second-order valence-electron chi connectivity index (χ2n) is 5.89. The van der Waals surface area contributed by atoms with E-state index in [0.29, 0.717) is 18.0 Å². The molecule has 1 aromatic carbocycles. The summed E-state index contributed by atoms with van der Waals surface area (Å²) in [5.74, 6) is 0.324. The Bertz CT molecular complexity index is 847. The number of nitrogens with zero attached hydrogens (tertiary/aromatic N) is 2. The molecule has 1 aliphatic rings. The van der Waals surface area contributed by atoms with Gasteiger partial charge in [-0.15, -0.1) is 0 Å². The molecule has 1 aliphatic heterocycles. The Balaban J connectivity index is 1.52. The number of benzene rings is 1. The number of nitrogens with one attached hydrogen (secondary N) is 1. The summed E-state index contributed by atoms with van der Waals surface area (Å²) in [5.41, 5.74) is 8.75. The Kier molecular flexibility index (Phi) is 3.38. The Morgan fingerprint density at radius 1 is 1.39 bits per heavy atom. The fourth-order valence-corrected chi connectivity index (χ4v) is 2.86. The largest absolute Gasteiger partial charge is 0.446 e. The second-order valence-corrected chi connectivity index (χ2v) is 5.89. The molecule has 23 heavy (non-hydrogen) atoms. The summed E-state index contributed by atoms with van der Waals surface area (Å²) >= 11 is 0. The average Bonchev–Trinajstić information content (AvgIpc) is 3.13. The van der Waals surface area contributed by atoms with Crippen molar-refractivity contribution in [2.45, 2.75) is 18.9 Å². The molecule has 1 saturated heterocycles. The molecule has 2 aromatic heterocycles. The maximum absolute atomic E-state index is 12.1. The highest BCUT2D eigenvalue weighted by molar-refractivity contribution is 5.92. The molecule has 118 valence electrons. The van der Waals surface area contributed by atoms with Gasteiger partial charge in [-0.1, -0.05) is 18.2 Å². The molecule has 0 bridgehead atoms. The zero-order valence-electron chi connectivity index (χ0n) is 12.7. The van der Waals surface area contributed by atoms with Crippen LogP contribution in [0.1, 0.15) is 34.4 Å². The number of aromatic nitrogens is 2. The van der Waals surface area contributed by atoms with Crippen molar-refractivity contribution in [1.29, 1.82) is 0 Å². The topological polar surface area (TPSA) is 88.2 Å². The van der Waals surface area contributed by atoms with Gasteiger partial charge in [0.05, 0.1) is 6.04 Å². The smallest absolute Gasteiger partial charge is 0.275 e. The maximum atomic E-state index is 12.1. The quantitative estimate of drug-likeness (QED) is 0.773. The van der Waals surface area contributed by atoms with E-state index in [4.69, 9.17) is 10.2 Å². The molecule has 3 aromatic rings. The minimum Gasteiger partial charge on any atom is -0.446 e. The molecule has 6 nitrogen and oxygen atoms in total. The Labute approximate surface area is 133 Å². The Morgan fingerprint density at radius 3 is 3.00 bits per heavy atom. The Hall–Kier alpha value is -2.60. The summed E-state index contributed by atoms with van der Waals surface area (Å²) < 4.78 is 5.43. The first-order valence-electron chi connectivity index (χ1n) is 7.77. The molecule has 1 fully saturated rings. The van der Waals surface area contributed by atoms with E-state index in [9.17, 15) is 4.79 Å². The van der Waals surface area contributed by atoms with Crippen molar-refractivity contribution in [2.75, 3.05) is 13.1 Å². The highest BCUT2D eigenvalue weighted by Crippen LogP contribution is 2.23. The van der Waals surface area contributed by atoms with Crippen LogP contribution in [-0.2, 0) is 6.42 Å². The van der Waals surface area contributed by atoms with Crippen LogP contribution in [-0.4, -0.2) is 33.9 Å². The highest BCUT2D eigenvalue weighted by Gasteiger charge is 2.25. The lowest BCUT2D eigenvalue weighted by molar-refractivity contribution is 0.0645. The van der Waals surface area contributed by atoms with Gasteiger partial charge in [-0.3, -0.25) is 4.79 Å². The van der Waals surface area contributed by atoms with Gasteiger partial charge in [0.15, 0.2) is 5.69 Å². The lowest BCUT2D eigenvalue weighted by Gasteiger charge is -2.29. The summed E-state index contributed by atoms with van der Waals surface area (Å²) in [7, 11) is 0. The van der Waals surface area contributed by atoms with E-state index in [2.05, 4.69) is 16.0 Å². The SMILES string of the molecule is NC(Cc1c[nH]c2ccccc12)c1nc(C(=O)N2CCC2)co1. The van der Waals surface area contributed by atoms with Gasteiger partial charge in [-0.25, -0.2) is 4.98 Å².